The zero-order valence-electron chi connectivity index (χ0n) is 17.8. The lowest BCUT2D eigenvalue weighted by Gasteiger charge is -2.32. The van der Waals surface area contributed by atoms with Crippen LogP contribution >= 0.6 is 0 Å². The quantitative estimate of drug-likeness (QED) is 0.686. The number of nitrogens with two attached hydrogens (primary N) is 1. The van der Waals surface area contributed by atoms with Gasteiger partial charge in [0.2, 0.25) is 0 Å². The molecule has 1 amide bonds. The van der Waals surface area contributed by atoms with Crippen LogP contribution in [0.1, 0.15) is 43.6 Å². The number of para-hydroxylation sites is 1. The minimum Gasteiger partial charge on any atom is -0.496 e. The summed E-state index contributed by atoms with van der Waals surface area (Å²) in [5, 5.41) is 0. The van der Waals surface area contributed by atoms with E-state index in [-0.39, 0.29) is 18.0 Å². The number of carbonyl (C=O) groups excluding carboxylic acids is 1. The molecule has 2 aromatic carbocycles. The highest BCUT2D eigenvalue weighted by atomic mass is 16.5. The van der Waals surface area contributed by atoms with E-state index >= 15 is 0 Å². The molecule has 5 nitrogen and oxygen atoms in total. The van der Waals surface area contributed by atoms with Crippen molar-refractivity contribution in [2.75, 3.05) is 26.6 Å². The van der Waals surface area contributed by atoms with Crippen LogP contribution in [0.2, 0.25) is 0 Å². The first-order valence-electron chi connectivity index (χ1n) is 9.69. The number of hydrogen-bond acceptors (Lipinski definition) is 4. The Morgan fingerprint density at radius 3 is 2.18 bits per heavy atom. The molecule has 2 rings (SSSR count). The molecule has 2 aromatic rings. The van der Waals surface area contributed by atoms with Gasteiger partial charge in [-0.2, -0.15) is 0 Å². The van der Waals surface area contributed by atoms with Gasteiger partial charge in [0.25, 0.3) is 5.91 Å². The van der Waals surface area contributed by atoms with E-state index in [0.29, 0.717) is 30.0 Å². The Bertz CT molecular complexity index is 807. The number of methoxy groups -OCH3 is 2. The van der Waals surface area contributed by atoms with Crippen LogP contribution in [0.3, 0.4) is 0 Å². The van der Waals surface area contributed by atoms with Gasteiger partial charge in [-0.3, -0.25) is 4.79 Å². The van der Waals surface area contributed by atoms with Crippen molar-refractivity contribution >= 4 is 11.6 Å². The Hall–Kier alpha value is -2.53. The highest BCUT2D eigenvalue weighted by molar-refractivity contribution is 6.05. The van der Waals surface area contributed by atoms with Gasteiger partial charge in [-0.1, -0.05) is 30.3 Å². The van der Waals surface area contributed by atoms with Crippen LogP contribution in [0.15, 0.2) is 36.4 Å². The van der Waals surface area contributed by atoms with Gasteiger partial charge in [-0.25, -0.2) is 0 Å². The highest BCUT2D eigenvalue weighted by Crippen LogP contribution is 2.36. The fraction of sp³-hybridized carbons (Fsp3) is 0.435. The number of carbonyl (C=O) groups is 1. The second kappa shape index (κ2) is 9.60. The minimum absolute atomic E-state index is 0.0563. The van der Waals surface area contributed by atoms with Crippen molar-refractivity contribution in [3.8, 4) is 16.9 Å². The number of amides is 1. The summed E-state index contributed by atoms with van der Waals surface area (Å²) < 4.78 is 10.8. The smallest absolute Gasteiger partial charge is 0.258 e. The summed E-state index contributed by atoms with van der Waals surface area (Å²) in [7, 11) is 3.26. The average Bonchev–Trinajstić information content (AvgIpc) is 2.65. The third kappa shape index (κ3) is 4.47. The van der Waals surface area contributed by atoms with Crippen molar-refractivity contribution in [1.82, 2.24) is 4.90 Å². The van der Waals surface area contributed by atoms with Crippen LogP contribution in [-0.4, -0.2) is 43.7 Å². The van der Waals surface area contributed by atoms with Crippen molar-refractivity contribution in [1.29, 1.82) is 0 Å². The van der Waals surface area contributed by atoms with E-state index in [1.54, 1.807) is 14.2 Å². The molecule has 0 aliphatic rings. The van der Waals surface area contributed by atoms with Crippen molar-refractivity contribution in [3.63, 3.8) is 0 Å². The van der Waals surface area contributed by atoms with Crippen LogP contribution in [0.25, 0.3) is 11.1 Å². The zero-order valence-corrected chi connectivity index (χ0v) is 17.8. The number of hydrogen-bond donors (Lipinski definition) is 1. The summed E-state index contributed by atoms with van der Waals surface area (Å²) in [5.74, 6) is 0.495. The molecule has 0 aromatic heterocycles. The number of rotatable bonds is 8. The molecule has 0 heterocycles. The van der Waals surface area contributed by atoms with Gasteiger partial charge in [0.1, 0.15) is 5.75 Å². The maximum Gasteiger partial charge on any atom is 0.258 e. The molecular weight excluding hydrogens is 352 g/mol. The first-order valence-corrected chi connectivity index (χ1v) is 9.69. The second-order valence-corrected chi connectivity index (χ2v) is 7.40. The lowest BCUT2D eigenvalue weighted by Crippen LogP contribution is -2.42. The molecule has 0 radical (unpaired) electrons. The number of nitrogens with zero attached hydrogens (tertiary/aromatic N) is 1. The number of benzene rings is 2. The largest absolute Gasteiger partial charge is 0.496 e. The summed E-state index contributed by atoms with van der Waals surface area (Å²) in [6.07, 6.45) is 0.716. The Labute approximate surface area is 168 Å². The average molecular weight is 385 g/mol. The molecule has 0 saturated heterocycles. The molecule has 0 spiro atoms. The van der Waals surface area contributed by atoms with Gasteiger partial charge in [-0.05, 0) is 45.7 Å². The van der Waals surface area contributed by atoms with E-state index in [4.69, 9.17) is 15.2 Å². The SMILES string of the molecule is COCCc1cccc(-c2cccc(OC)c2C(=O)N(C(C)C)C(C)C)c1N. The van der Waals surface area contributed by atoms with Gasteiger partial charge in [-0.15, -0.1) is 0 Å². The van der Waals surface area contributed by atoms with Gasteiger partial charge in [0, 0.05) is 36.0 Å². The van der Waals surface area contributed by atoms with E-state index < -0.39 is 0 Å². The topological polar surface area (TPSA) is 64.8 Å². The number of anilines is 1. The zero-order chi connectivity index (χ0) is 20.8. The third-order valence-electron chi connectivity index (χ3n) is 4.87. The van der Waals surface area contributed by atoms with Crippen molar-refractivity contribution in [3.05, 3.63) is 47.5 Å². The molecule has 0 atom stereocenters. The minimum atomic E-state index is -0.0563. The van der Waals surface area contributed by atoms with E-state index in [9.17, 15) is 4.79 Å². The van der Waals surface area contributed by atoms with Crippen LogP contribution in [0.5, 0.6) is 5.75 Å². The Balaban J connectivity index is 2.66. The van der Waals surface area contributed by atoms with Gasteiger partial charge in [0.05, 0.1) is 19.3 Å². The summed E-state index contributed by atoms with van der Waals surface area (Å²) >= 11 is 0. The predicted octanol–water partition coefficient (Wildman–Crippen LogP) is 4.39. The van der Waals surface area contributed by atoms with Gasteiger partial charge in [0.15, 0.2) is 0 Å². The number of ether oxygens (including phenoxy) is 2. The van der Waals surface area contributed by atoms with Crippen molar-refractivity contribution in [2.45, 2.75) is 46.2 Å². The van der Waals surface area contributed by atoms with E-state index in [1.165, 1.54) is 0 Å². The summed E-state index contributed by atoms with van der Waals surface area (Å²) in [6, 6.07) is 11.7. The van der Waals surface area contributed by atoms with Crippen LogP contribution in [-0.2, 0) is 11.2 Å². The monoisotopic (exact) mass is 384 g/mol. The molecule has 0 bridgehead atoms. The van der Waals surface area contributed by atoms with E-state index in [2.05, 4.69) is 0 Å². The summed E-state index contributed by atoms with van der Waals surface area (Å²) in [5.41, 5.74) is 10.3. The van der Waals surface area contributed by atoms with Crippen LogP contribution in [0.4, 0.5) is 5.69 Å². The summed E-state index contributed by atoms with van der Waals surface area (Å²) in [4.78, 5) is 15.4. The lowest BCUT2D eigenvalue weighted by atomic mass is 9.93. The molecule has 2 N–H and O–H groups in total. The fourth-order valence-electron chi connectivity index (χ4n) is 3.62. The Morgan fingerprint density at radius 1 is 1.00 bits per heavy atom. The molecule has 0 fully saturated rings. The van der Waals surface area contributed by atoms with Crippen molar-refractivity contribution in [2.24, 2.45) is 0 Å². The molecule has 0 saturated carbocycles. The lowest BCUT2D eigenvalue weighted by molar-refractivity contribution is 0.0641. The van der Waals surface area contributed by atoms with Gasteiger partial charge >= 0.3 is 0 Å². The maximum absolute atomic E-state index is 13.6. The molecule has 0 unspecified atom stereocenters. The molecule has 28 heavy (non-hydrogen) atoms. The van der Waals surface area contributed by atoms with Gasteiger partial charge < -0.3 is 20.1 Å². The van der Waals surface area contributed by atoms with E-state index in [0.717, 1.165) is 16.7 Å². The molecule has 152 valence electrons. The summed E-state index contributed by atoms with van der Waals surface area (Å²) in [6.45, 7) is 8.67. The Kier molecular flexibility index (Phi) is 7.46. The maximum atomic E-state index is 13.6. The third-order valence-corrected chi connectivity index (χ3v) is 4.87. The van der Waals surface area contributed by atoms with Crippen LogP contribution < -0.4 is 10.5 Å². The Morgan fingerprint density at radius 2 is 1.61 bits per heavy atom. The highest BCUT2D eigenvalue weighted by Gasteiger charge is 2.28. The second-order valence-electron chi connectivity index (χ2n) is 7.40. The standard InChI is InChI=1S/C23H32N2O3/c1-15(2)25(16(3)4)23(26)21-18(10-8-12-20(21)28-6)19-11-7-9-17(22(19)24)13-14-27-5/h7-12,15-16H,13-14,24H2,1-6H3. The molecule has 5 heteroatoms. The molecule has 0 aliphatic heterocycles. The number of nitrogen functional groups attached to an aromatic ring is 1. The fourth-order valence-corrected chi connectivity index (χ4v) is 3.62. The first kappa shape index (κ1) is 21.8. The molecular formula is C23H32N2O3. The predicted molar refractivity (Wildman–Crippen MR) is 115 cm³/mol. The molecule has 0 aliphatic carbocycles. The van der Waals surface area contributed by atoms with Crippen molar-refractivity contribution < 1.29 is 14.3 Å². The first-order chi connectivity index (χ1) is 13.3. The van der Waals surface area contributed by atoms with E-state index in [1.807, 2.05) is 69.0 Å². The normalized spacial score (nSPS) is 11.1. The van der Waals surface area contributed by atoms with Crippen LogP contribution in [0, 0.1) is 0 Å².